The number of nitrogens with zero attached hydrogens (tertiary/aromatic N) is 1. The fourth-order valence-electron chi connectivity index (χ4n) is 2.94. The van der Waals surface area contributed by atoms with Gasteiger partial charge in [0.15, 0.2) is 0 Å². The van der Waals surface area contributed by atoms with Crippen LogP contribution >= 0.6 is 0 Å². The van der Waals surface area contributed by atoms with E-state index in [4.69, 9.17) is 10.5 Å². The van der Waals surface area contributed by atoms with Crippen LogP contribution < -0.4 is 10.5 Å². The van der Waals surface area contributed by atoms with Crippen LogP contribution in [0, 0.1) is 0 Å². The number of nitrogens with two attached hydrogens (primary N) is 1. The van der Waals surface area contributed by atoms with Gasteiger partial charge in [-0.05, 0) is 50.0 Å². The van der Waals surface area contributed by atoms with Crippen molar-refractivity contribution in [3.8, 4) is 5.75 Å². The van der Waals surface area contributed by atoms with Crippen LogP contribution in [0.3, 0.4) is 0 Å². The molecule has 4 heteroatoms. The Labute approximate surface area is 127 Å². The lowest BCUT2D eigenvalue weighted by molar-refractivity contribution is 0.108. The van der Waals surface area contributed by atoms with Crippen molar-refractivity contribution >= 4 is 0 Å². The van der Waals surface area contributed by atoms with E-state index in [0.717, 1.165) is 31.7 Å². The molecular weight excluding hydrogens is 264 g/mol. The summed E-state index contributed by atoms with van der Waals surface area (Å²) in [5, 5.41) is 9.49. The second-order valence-corrected chi connectivity index (χ2v) is 5.75. The van der Waals surface area contributed by atoms with Crippen molar-refractivity contribution in [2.75, 3.05) is 32.8 Å². The van der Waals surface area contributed by atoms with E-state index < -0.39 is 0 Å². The van der Waals surface area contributed by atoms with Crippen LogP contribution in [0.4, 0.5) is 0 Å². The lowest BCUT2D eigenvalue weighted by atomic mass is 10.1. The fourth-order valence-corrected chi connectivity index (χ4v) is 2.94. The number of likely N-dealkylation sites (tertiary alicyclic amines) is 1. The number of aliphatic hydroxyl groups excluding tert-OH is 1. The molecule has 3 N–H and O–H groups in total. The first-order valence-electron chi connectivity index (χ1n) is 8.10. The van der Waals surface area contributed by atoms with Gasteiger partial charge in [0.05, 0.1) is 6.61 Å². The van der Waals surface area contributed by atoms with E-state index in [1.807, 2.05) is 12.1 Å². The molecule has 1 atom stereocenters. The molecule has 1 unspecified atom stereocenters. The second-order valence-electron chi connectivity index (χ2n) is 5.75. The third-order valence-electron chi connectivity index (χ3n) is 4.21. The summed E-state index contributed by atoms with van der Waals surface area (Å²) >= 11 is 0. The third kappa shape index (κ3) is 5.30. The maximum absolute atomic E-state index is 9.49. The van der Waals surface area contributed by atoms with Crippen LogP contribution in [0.25, 0.3) is 0 Å². The van der Waals surface area contributed by atoms with Crippen molar-refractivity contribution in [3.05, 3.63) is 29.8 Å². The highest BCUT2D eigenvalue weighted by molar-refractivity contribution is 5.27. The molecule has 0 aromatic heterocycles. The van der Waals surface area contributed by atoms with Gasteiger partial charge in [0.2, 0.25) is 0 Å². The minimum atomic E-state index is 0.258. The van der Waals surface area contributed by atoms with Gasteiger partial charge in [-0.25, -0.2) is 0 Å². The summed E-state index contributed by atoms with van der Waals surface area (Å²) in [6.45, 7) is 3.57. The van der Waals surface area contributed by atoms with Gasteiger partial charge in [0, 0.05) is 12.6 Å². The Hall–Kier alpha value is -1.10. The predicted molar refractivity (Wildman–Crippen MR) is 85.6 cm³/mol. The Kier molecular flexibility index (Phi) is 7.00. The molecule has 1 fully saturated rings. The predicted octanol–water partition coefficient (Wildman–Crippen LogP) is 1.80. The SMILES string of the molecule is NCCc1ccc(OCCN2CCCCCC2CO)cc1. The van der Waals surface area contributed by atoms with Crippen molar-refractivity contribution in [1.29, 1.82) is 0 Å². The third-order valence-corrected chi connectivity index (χ3v) is 4.21. The molecule has 0 radical (unpaired) electrons. The first-order valence-corrected chi connectivity index (χ1v) is 8.10. The molecule has 1 aliphatic rings. The molecule has 0 spiro atoms. The summed E-state index contributed by atoms with van der Waals surface area (Å²) in [5.41, 5.74) is 6.79. The van der Waals surface area contributed by atoms with Gasteiger partial charge in [-0.2, -0.15) is 0 Å². The van der Waals surface area contributed by atoms with Gasteiger partial charge < -0.3 is 15.6 Å². The van der Waals surface area contributed by atoms with Crippen molar-refractivity contribution in [3.63, 3.8) is 0 Å². The summed E-state index contributed by atoms with van der Waals surface area (Å²) in [5.74, 6) is 0.908. The van der Waals surface area contributed by atoms with Gasteiger partial charge in [-0.15, -0.1) is 0 Å². The van der Waals surface area contributed by atoms with E-state index in [0.29, 0.717) is 19.2 Å². The highest BCUT2D eigenvalue weighted by atomic mass is 16.5. The molecule has 1 saturated heterocycles. The number of rotatable bonds is 7. The molecule has 21 heavy (non-hydrogen) atoms. The van der Waals surface area contributed by atoms with Crippen LogP contribution in [-0.4, -0.2) is 48.9 Å². The maximum Gasteiger partial charge on any atom is 0.119 e. The zero-order valence-electron chi connectivity index (χ0n) is 12.8. The average Bonchev–Trinajstić information content (AvgIpc) is 2.74. The summed E-state index contributed by atoms with van der Waals surface area (Å²) in [4.78, 5) is 2.37. The van der Waals surface area contributed by atoms with E-state index in [1.54, 1.807) is 0 Å². The second kappa shape index (κ2) is 9.03. The summed E-state index contributed by atoms with van der Waals surface area (Å²) < 4.78 is 5.82. The molecular formula is C17H28N2O2. The Morgan fingerprint density at radius 3 is 2.71 bits per heavy atom. The standard InChI is InChI=1S/C17H28N2O2/c18-10-9-15-5-7-17(8-6-15)21-13-12-19-11-3-1-2-4-16(19)14-20/h5-8,16,20H,1-4,9-14,18H2. The quantitative estimate of drug-likeness (QED) is 0.804. The van der Waals surface area contributed by atoms with Gasteiger partial charge >= 0.3 is 0 Å². The number of hydrogen-bond acceptors (Lipinski definition) is 4. The van der Waals surface area contributed by atoms with Crippen molar-refractivity contribution in [2.24, 2.45) is 5.73 Å². The Bertz CT molecular complexity index is 394. The number of ether oxygens (including phenoxy) is 1. The summed E-state index contributed by atoms with van der Waals surface area (Å²) in [6.07, 6.45) is 5.74. The minimum Gasteiger partial charge on any atom is -0.492 e. The van der Waals surface area contributed by atoms with Gasteiger partial charge in [-0.1, -0.05) is 25.0 Å². The largest absolute Gasteiger partial charge is 0.492 e. The minimum absolute atomic E-state index is 0.258. The van der Waals surface area contributed by atoms with Crippen molar-refractivity contribution < 1.29 is 9.84 Å². The van der Waals surface area contributed by atoms with E-state index in [2.05, 4.69) is 17.0 Å². The molecule has 0 bridgehead atoms. The molecule has 1 heterocycles. The number of benzene rings is 1. The van der Waals surface area contributed by atoms with Gasteiger partial charge in [0.25, 0.3) is 0 Å². The smallest absolute Gasteiger partial charge is 0.119 e. The van der Waals surface area contributed by atoms with Gasteiger partial charge in [0.1, 0.15) is 12.4 Å². The highest BCUT2D eigenvalue weighted by Gasteiger charge is 2.19. The first kappa shape index (κ1) is 16.3. The van der Waals surface area contributed by atoms with Crippen LogP contribution in [-0.2, 0) is 6.42 Å². The molecule has 0 amide bonds. The zero-order valence-corrected chi connectivity index (χ0v) is 12.8. The van der Waals surface area contributed by atoms with E-state index in [-0.39, 0.29) is 6.61 Å². The lowest BCUT2D eigenvalue weighted by Gasteiger charge is -2.28. The van der Waals surface area contributed by atoms with Crippen LogP contribution in [0.5, 0.6) is 5.75 Å². The average molecular weight is 292 g/mol. The van der Waals surface area contributed by atoms with E-state index in [9.17, 15) is 5.11 Å². The van der Waals surface area contributed by atoms with Crippen LogP contribution in [0.1, 0.15) is 31.2 Å². The van der Waals surface area contributed by atoms with Crippen LogP contribution in [0.2, 0.25) is 0 Å². The topological polar surface area (TPSA) is 58.7 Å². The van der Waals surface area contributed by atoms with Crippen molar-refractivity contribution in [2.45, 2.75) is 38.1 Å². The lowest BCUT2D eigenvalue weighted by Crippen LogP contribution is -2.40. The normalized spacial score (nSPS) is 20.2. The van der Waals surface area contributed by atoms with E-state index >= 15 is 0 Å². The number of aliphatic hydroxyl groups is 1. The fraction of sp³-hybridized carbons (Fsp3) is 0.647. The molecule has 1 aliphatic heterocycles. The Balaban J connectivity index is 1.76. The molecule has 2 rings (SSSR count). The van der Waals surface area contributed by atoms with Crippen LogP contribution in [0.15, 0.2) is 24.3 Å². The molecule has 0 aliphatic carbocycles. The highest BCUT2D eigenvalue weighted by Crippen LogP contribution is 2.17. The van der Waals surface area contributed by atoms with E-state index in [1.165, 1.54) is 24.8 Å². The summed E-state index contributed by atoms with van der Waals surface area (Å²) in [7, 11) is 0. The van der Waals surface area contributed by atoms with Gasteiger partial charge in [-0.3, -0.25) is 4.90 Å². The summed E-state index contributed by atoms with van der Waals surface area (Å²) in [6, 6.07) is 8.48. The Morgan fingerprint density at radius 1 is 1.19 bits per heavy atom. The maximum atomic E-state index is 9.49. The first-order chi connectivity index (χ1) is 10.3. The number of hydrogen-bond donors (Lipinski definition) is 2. The molecule has 4 nitrogen and oxygen atoms in total. The molecule has 1 aromatic rings. The molecule has 1 aromatic carbocycles. The Morgan fingerprint density at radius 2 is 2.00 bits per heavy atom. The monoisotopic (exact) mass is 292 g/mol. The zero-order chi connectivity index (χ0) is 14.9. The molecule has 0 saturated carbocycles. The molecule has 118 valence electrons. The van der Waals surface area contributed by atoms with Crippen molar-refractivity contribution in [1.82, 2.24) is 4.90 Å².